The highest BCUT2D eigenvalue weighted by atomic mass is 16.5. The van der Waals surface area contributed by atoms with Crippen LogP contribution in [0.25, 0.3) is 0 Å². The molecule has 2 aliphatic rings. The summed E-state index contributed by atoms with van der Waals surface area (Å²) in [7, 11) is 0. The van der Waals surface area contributed by atoms with Crippen molar-refractivity contribution in [1.29, 1.82) is 0 Å². The molecule has 0 aliphatic carbocycles. The lowest BCUT2D eigenvalue weighted by Crippen LogP contribution is -2.54. The Bertz CT molecular complexity index is 698. The fourth-order valence-electron chi connectivity index (χ4n) is 4.05. The molecule has 1 aromatic rings. The number of nitrogens with zero attached hydrogens (tertiary/aromatic N) is 2. The zero-order valence-corrected chi connectivity index (χ0v) is 18.0. The van der Waals surface area contributed by atoms with Gasteiger partial charge in [0.2, 0.25) is 0 Å². The van der Waals surface area contributed by atoms with Crippen LogP contribution in [0.5, 0.6) is 5.75 Å². The van der Waals surface area contributed by atoms with E-state index in [1.165, 1.54) is 12.8 Å². The third-order valence-electron chi connectivity index (χ3n) is 6.20. The molecule has 2 atom stereocenters. The molecular weight excluding hydrogens is 384 g/mol. The first kappa shape index (κ1) is 22.4. The molecule has 8 heteroatoms. The van der Waals surface area contributed by atoms with Gasteiger partial charge in [-0.15, -0.1) is 0 Å². The second kappa shape index (κ2) is 10.6. The largest absolute Gasteiger partial charge is 0.478 e. The Morgan fingerprint density at radius 1 is 1.17 bits per heavy atom. The predicted octanol–water partition coefficient (Wildman–Crippen LogP) is 2.47. The smallest absolute Gasteiger partial charge is 0.345 e. The van der Waals surface area contributed by atoms with Crippen LogP contribution in [0.15, 0.2) is 24.3 Å². The van der Waals surface area contributed by atoms with Crippen molar-refractivity contribution < 1.29 is 19.4 Å². The maximum absolute atomic E-state index is 12.6. The first-order chi connectivity index (χ1) is 14.5. The molecule has 1 unspecified atom stereocenters. The predicted molar refractivity (Wildman–Crippen MR) is 116 cm³/mol. The number of hydrogen-bond donors (Lipinski definition) is 3. The molecule has 3 N–H and O–H groups in total. The number of carboxylic acid groups (broad SMARTS) is 1. The number of anilines is 1. The number of ether oxygens (including phenoxy) is 1. The molecule has 0 aromatic heterocycles. The number of aliphatic carboxylic acids is 1. The van der Waals surface area contributed by atoms with E-state index in [1.54, 1.807) is 24.3 Å². The number of amides is 2. The lowest BCUT2D eigenvalue weighted by atomic mass is 10.0. The van der Waals surface area contributed by atoms with Crippen molar-refractivity contribution in [3.63, 3.8) is 0 Å². The number of benzene rings is 1. The summed E-state index contributed by atoms with van der Waals surface area (Å²) in [5.74, 6) is -0.577. The molecule has 2 aliphatic heterocycles. The summed E-state index contributed by atoms with van der Waals surface area (Å²) in [5, 5.41) is 15.7. The average molecular weight is 419 g/mol. The maximum Gasteiger partial charge on any atom is 0.345 e. The van der Waals surface area contributed by atoms with Crippen molar-refractivity contribution in [3.8, 4) is 5.75 Å². The van der Waals surface area contributed by atoms with Gasteiger partial charge in [-0.2, -0.15) is 0 Å². The topological polar surface area (TPSA) is 94.1 Å². The van der Waals surface area contributed by atoms with E-state index in [-0.39, 0.29) is 11.9 Å². The second-order valence-electron chi connectivity index (χ2n) is 8.22. The highest BCUT2D eigenvalue weighted by Gasteiger charge is 2.27. The van der Waals surface area contributed by atoms with Crippen LogP contribution < -0.4 is 15.4 Å². The van der Waals surface area contributed by atoms with Crippen LogP contribution >= 0.6 is 0 Å². The van der Waals surface area contributed by atoms with E-state index in [1.807, 2.05) is 18.7 Å². The van der Waals surface area contributed by atoms with Crippen molar-refractivity contribution in [1.82, 2.24) is 15.1 Å². The minimum Gasteiger partial charge on any atom is -0.478 e. The summed E-state index contributed by atoms with van der Waals surface area (Å²) in [6, 6.07) is 7.42. The van der Waals surface area contributed by atoms with Gasteiger partial charge in [0.15, 0.2) is 6.10 Å². The number of nitrogens with one attached hydrogen (secondary N) is 2. The molecule has 0 spiro atoms. The van der Waals surface area contributed by atoms with Gasteiger partial charge >= 0.3 is 12.0 Å². The number of urea groups is 1. The standard InChI is InChI=1S/C22H34N4O4/c1-3-16(2)20(21(27)28)30-19-6-4-17(5-7-19)24-22(29)26-14-12-25(13-15-26)18-8-10-23-11-9-18/h4-7,16,18,20,23H,3,8-15H2,1-2H3,(H,24,29)(H,27,28)/t16?,20-/m0/s1. The van der Waals surface area contributed by atoms with Gasteiger partial charge in [-0.1, -0.05) is 13.8 Å². The number of piperidine rings is 1. The van der Waals surface area contributed by atoms with E-state index < -0.39 is 12.1 Å². The molecule has 2 fully saturated rings. The maximum atomic E-state index is 12.6. The molecule has 8 nitrogen and oxygen atoms in total. The molecule has 166 valence electrons. The van der Waals surface area contributed by atoms with Gasteiger partial charge in [-0.3, -0.25) is 4.90 Å². The van der Waals surface area contributed by atoms with Gasteiger partial charge in [-0.25, -0.2) is 9.59 Å². The van der Waals surface area contributed by atoms with Crippen molar-refractivity contribution >= 4 is 17.7 Å². The number of hydrogen-bond acceptors (Lipinski definition) is 5. The number of carboxylic acids is 1. The first-order valence-electron chi connectivity index (χ1n) is 11.0. The zero-order chi connectivity index (χ0) is 21.5. The lowest BCUT2D eigenvalue weighted by Gasteiger charge is -2.40. The Morgan fingerprint density at radius 2 is 1.80 bits per heavy atom. The van der Waals surface area contributed by atoms with E-state index in [9.17, 15) is 14.7 Å². The van der Waals surface area contributed by atoms with Crippen molar-refractivity contribution in [2.24, 2.45) is 5.92 Å². The third-order valence-corrected chi connectivity index (χ3v) is 6.20. The van der Waals surface area contributed by atoms with Crippen LogP contribution in [-0.2, 0) is 4.79 Å². The summed E-state index contributed by atoms with van der Waals surface area (Å²) in [6.07, 6.45) is 2.20. The van der Waals surface area contributed by atoms with E-state index in [0.29, 0.717) is 17.5 Å². The summed E-state index contributed by atoms with van der Waals surface area (Å²) in [6.45, 7) is 9.24. The monoisotopic (exact) mass is 418 g/mol. The van der Waals surface area contributed by atoms with Gasteiger partial charge < -0.3 is 25.4 Å². The van der Waals surface area contributed by atoms with Crippen LogP contribution in [0.4, 0.5) is 10.5 Å². The Kier molecular flexibility index (Phi) is 7.93. The SMILES string of the molecule is CCC(C)[C@H](Oc1ccc(NC(=O)N2CCN(C3CCNCC3)CC2)cc1)C(=O)O. The number of carbonyl (C=O) groups excluding carboxylic acids is 1. The summed E-state index contributed by atoms with van der Waals surface area (Å²) < 4.78 is 5.64. The normalized spacial score (nSPS) is 20.4. The minimum atomic E-state index is -0.967. The van der Waals surface area contributed by atoms with Gasteiger partial charge in [0.25, 0.3) is 0 Å². The Morgan fingerprint density at radius 3 is 2.37 bits per heavy atom. The van der Waals surface area contributed by atoms with E-state index in [2.05, 4.69) is 15.5 Å². The first-order valence-corrected chi connectivity index (χ1v) is 11.0. The Labute approximate surface area is 178 Å². The van der Waals surface area contributed by atoms with Gasteiger partial charge in [0.05, 0.1) is 0 Å². The molecule has 2 amide bonds. The van der Waals surface area contributed by atoms with E-state index >= 15 is 0 Å². The number of rotatable bonds is 7. The van der Waals surface area contributed by atoms with Crippen molar-refractivity contribution in [2.75, 3.05) is 44.6 Å². The molecule has 3 rings (SSSR count). The molecule has 0 saturated carbocycles. The van der Waals surface area contributed by atoms with Gasteiger partial charge in [-0.05, 0) is 56.6 Å². The van der Waals surface area contributed by atoms with Crippen LogP contribution in [0.2, 0.25) is 0 Å². The van der Waals surface area contributed by atoms with E-state index in [4.69, 9.17) is 4.74 Å². The minimum absolute atomic E-state index is 0.0922. The Balaban J connectivity index is 1.48. The second-order valence-corrected chi connectivity index (χ2v) is 8.22. The quantitative estimate of drug-likeness (QED) is 0.630. The molecule has 1 aromatic carbocycles. The fraction of sp³-hybridized carbons (Fsp3) is 0.636. The number of carbonyl (C=O) groups is 2. The molecule has 2 saturated heterocycles. The fourth-order valence-corrected chi connectivity index (χ4v) is 4.05. The number of piperazine rings is 1. The van der Waals surface area contributed by atoms with Crippen LogP contribution in [0, 0.1) is 5.92 Å². The van der Waals surface area contributed by atoms with Crippen LogP contribution in [0.1, 0.15) is 33.1 Å². The van der Waals surface area contributed by atoms with Crippen molar-refractivity contribution in [2.45, 2.75) is 45.3 Å². The average Bonchev–Trinajstić information content (AvgIpc) is 2.78. The molecule has 30 heavy (non-hydrogen) atoms. The molecule has 0 bridgehead atoms. The van der Waals surface area contributed by atoms with Crippen LogP contribution in [-0.4, -0.2) is 78.3 Å². The summed E-state index contributed by atoms with van der Waals surface area (Å²) in [4.78, 5) is 28.4. The van der Waals surface area contributed by atoms with Gasteiger partial charge in [0.1, 0.15) is 5.75 Å². The zero-order valence-electron chi connectivity index (χ0n) is 18.0. The Hall–Kier alpha value is -2.32. The highest BCUT2D eigenvalue weighted by molar-refractivity contribution is 5.89. The van der Waals surface area contributed by atoms with E-state index in [0.717, 1.165) is 45.7 Å². The summed E-state index contributed by atoms with van der Waals surface area (Å²) in [5.41, 5.74) is 0.670. The third kappa shape index (κ3) is 5.86. The van der Waals surface area contributed by atoms with Crippen molar-refractivity contribution in [3.05, 3.63) is 24.3 Å². The molecule has 0 radical (unpaired) electrons. The molecular formula is C22H34N4O4. The van der Waals surface area contributed by atoms with Crippen LogP contribution in [0.3, 0.4) is 0 Å². The highest BCUT2D eigenvalue weighted by Crippen LogP contribution is 2.21. The van der Waals surface area contributed by atoms with Gasteiger partial charge in [0, 0.05) is 43.8 Å². The summed E-state index contributed by atoms with van der Waals surface area (Å²) >= 11 is 0. The molecule has 2 heterocycles. The lowest BCUT2D eigenvalue weighted by molar-refractivity contribution is -0.147.